The van der Waals surface area contributed by atoms with Crippen LogP contribution in [0.1, 0.15) is 5.56 Å². The summed E-state index contributed by atoms with van der Waals surface area (Å²) >= 11 is 0. The van der Waals surface area contributed by atoms with E-state index in [1.807, 2.05) is 42.2 Å². The first kappa shape index (κ1) is 20.6. The van der Waals surface area contributed by atoms with Gasteiger partial charge < -0.3 is 4.90 Å². The maximum Gasteiger partial charge on any atom is 0.163 e. The lowest BCUT2D eigenvalue weighted by Gasteiger charge is -2.35. The standard InChI is InChI=1S/C26H26N8/c1-31-25-23(16-29-31)26(28-19-27-25)33-14-12-32(13-15-33)17-21-18-34(22-10-6-3-7-11-22)30-24(21)20-8-4-2-5-9-20/h2-11,16,18-19H,12-15,17H2,1H3. The number of fused-ring (bicyclic) bond motifs is 1. The molecule has 0 aliphatic carbocycles. The Hall–Kier alpha value is -4.04. The monoisotopic (exact) mass is 450 g/mol. The highest BCUT2D eigenvalue weighted by Crippen LogP contribution is 2.27. The van der Waals surface area contributed by atoms with Crippen LogP contribution in [-0.2, 0) is 13.6 Å². The van der Waals surface area contributed by atoms with Gasteiger partial charge in [-0.3, -0.25) is 9.58 Å². The van der Waals surface area contributed by atoms with E-state index < -0.39 is 0 Å². The number of hydrogen-bond donors (Lipinski definition) is 0. The SMILES string of the molecule is Cn1ncc2c(N3CCN(Cc4cn(-c5ccccc5)nc4-c4ccccc4)CC3)ncnc21. The number of aromatic nitrogens is 6. The molecule has 0 atom stereocenters. The summed E-state index contributed by atoms with van der Waals surface area (Å²) in [6.07, 6.45) is 5.67. The number of para-hydroxylation sites is 1. The van der Waals surface area contributed by atoms with Gasteiger partial charge in [-0.2, -0.15) is 10.2 Å². The topological polar surface area (TPSA) is 67.9 Å². The lowest BCUT2D eigenvalue weighted by atomic mass is 10.1. The second-order valence-corrected chi connectivity index (χ2v) is 8.62. The molecule has 8 heteroatoms. The molecule has 0 spiro atoms. The Morgan fingerprint density at radius 3 is 2.35 bits per heavy atom. The van der Waals surface area contributed by atoms with Gasteiger partial charge in [0.2, 0.25) is 0 Å². The van der Waals surface area contributed by atoms with E-state index in [1.54, 1.807) is 11.0 Å². The highest BCUT2D eigenvalue weighted by Gasteiger charge is 2.23. The lowest BCUT2D eigenvalue weighted by molar-refractivity contribution is 0.250. The van der Waals surface area contributed by atoms with Crippen LogP contribution in [0, 0.1) is 0 Å². The predicted octanol–water partition coefficient (Wildman–Crippen LogP) is 3.54. The van der Waals surface area contributed by atoms with Gasteiger partial charge in [-0.1, -0.05) is 48.5 Å². The van der Waals surface area contributed by atoms with Crippen molar-refractivity contribution in [3.8, 4) is 16.9 Å². The van der Waals surface area contributed by atoms with Gasteiger partial charge in [0.05, 0.1) is 23.0 Å². The zero-order chi connectivity index (χ0) is 22.9. The van der Waals surface area contributed by atoms with Crippen LogP contribution in [0.4, 0.5) is 5.82 Å². The van der Waals surface area contributed by atoms with Crippen molar-refractivity contribution in [3.05, 3.63) is 84.9 Å². The third-order valence-corrected chi connectivity index (χ3v) is 6.43. The van der Waals surface area contributed by atoms with Crippen LogP contribution >= 0.6 is 0 Å². The van der Waals surface area contributed by atoms with Gasteiger partial charge in [-0.25, -0.2) is 14.6 Å². The molecule has 6 rings (SSSR count). The van der Waals surface area contributed by atoms with Crippen molar-refractivity contribution in [2.45, 2.75) is 6.54 Å². The average molecular weight is 451 g/mol. The van der Waals surface area contributed by atoms with Crippen LogP contribution in [-0.4, -0.2) is 60.6 Å². The molecule has 0 amide bonds. The van der Waals surface area contributed by atoms with Crippen LogP contribution in [0.15, 0.2) is 79.4 Å². The van der Waals surface area contributed by atoms with E-state index in [0.717, 1.165) is 66.5 Å². The molecule has 0 unspecified atom stereocenters. The van der Waals surface area contributed by atoms with E-state index in [4.69, 9.17) is 5.10 Å². The van der Waals surface area contributed by atoms with Crippen LogP contribution in [0.2, 0.25) is 0 Å². The third kappa shape index (κ3) is 3.82. The second kappa shape index (κ2) is 8.72. The summed E-state index contributed by atoms with van der Waals surface area (Å²) in [6.45, 7) is 4.59. The van der Waals surface area contributed by atoms with Crippen molar-refractivity contribution in [2.24, 2.45) is 7.05 Å². The Bertz CT molecular complexity index is 1400. The Morgan fingerprint density at radius 1 is 0.853 bits per heavy atom. The molecule has 2 aromatic carbocycles. The summed E-state index contributed by atoms with van der Waals surface area (Å²) in [7, 11) is 1.91. The van der Waals surface area contributed by atoms with E-state index in [0.29, 0.717) is 0 Å². The van der Waals surface area contributed by atoms with Crippen LogP contribution < -0.4 is 4.90 Å². The molecular formula is C26H26N8. The minimum atomic E-state index is 0.858. The number of piperazine rings is 1. The number of aryl methyl sites for hydroxylation is 1. The molecule has 1 fully saturated rings. The quantitative estimate of drug-likeness (QED) is 0.408. The fraction of sp³-hybridized carbons (Fsp3) is 0.231. The minimum Gasteiger partial charge on any atom is -0.353 e. The molecule has 3 aromatic heterocycles. The maximum atomic E-state index is 4.97. The van der Waals surface area contributed by atoms with Crippen molar-refractivity contribution < 1.29 is 0 Å². The number of anilines is 1. The lowest BCUT2D eigenvalue weighted by Crippen LogP contribution is -2.46. The van der Waals surface area contributed by atoms with Crippen molar-refractivity contribution in [3.63, 3.8) is 0 Å². The zero-order valence-corrected chi connectivity index (χ0v) is 19.1. The molecule has 1 aliphatic heterocycles. The Kier molecular flexibility index (Phi) is 5.27. The molecule has 0 radical (unpaired) electrons. The number of nitrogens with zero attached hydrogens (tertiary/aromatic N) is 8. The highest BCUT2D eigenvalue weighted by molar-refractivity contribution is 5.86. The van der Waals surface area contributed by atoms with Crippen molar-refractivity contribution in [1.82, 2.24) is 34.4 Å². The fourth-order valence-electron chi connectivity index (χ4n) is 4.64. The second-order valence-electron chi connectivity index (χ2n) is 8.62. The van der Waals surface area contributed by atoms with E-state index in [2.05, 4.69) is 67.5 Å². The van der Waals surface area contributed by atoms with Crippen molar-refractivity contribution >= 4 is 16.9 Å². The molecule has 0 N–H and O–H groups in total. The highest BCUT2D eigenvalue weighted by atomic mass is 15.3. The van der Waals surface area contributed by atoms with Gasteiger partial charge >= 0.3 is 0 Å². The molecular weight excluding hydrogens is 424 g/mol. The summed E-state index contributed by atoms with van der Waals surface area (Å²) < 4.78 is 3.79. The fourth-order valence-corrected chi connectivity index (χ4v) is 4.64. The van der Waals surface area contributed by atoms with Gasteiger partial charge in [-0.15, -0.1) is 0 Å². The van der Waals surface area contributed by atoms with Crippen molar-refractivity contribution in [1.29, 1.82) is 0 Å². The summed E-state index contributed by atoms with van der Waals surface area (Å²) in [4.78, 5) is 13.8. The first-order valence-electron chi connectivity index (χ1n) is 11.6. The van der Waals surface area contributed by atoms with E-state index in [1.165, 1.54) is 5.56 Å². The summed E-state index contributed by atoms with van der Waals surface area (Å²) in [5, 5.41) is 10.3. The number of rotatable bonds is 5. The molecule has 4 heterocycles. The molecule has 5 aromatic rings. The van der Waals surface area contributed by atoms with E-state index in [-0.39, 0.29) is 0 Å². The summed E-state index contributed by atoms with van der Waals surface area (Å²) in [5.74, 6) is 0.972. The first-order valence-corrected chi connectivity index (χ1v) is 11.6. The number of benzene rings is 2. The van der Waals surface area contributed by atoms with Gasteiger partial charge in [0, 0.05) is 57.1 Å². The smallest absolute Gasteiger partial charge is 0.163 e. The number of hydrogen-bond acceptors (Lipinski definition) is 6. The third-order valence-electron chi connectivity index (χ3n) is 6.43. The van der Waals surface area contributed by atoms with Gasteiger partial charge in [0.15, 0.2) is 5.65 Å². The average Bonchev–Trinajstić information content (AvgIpc) is 3.49. The molecule has 1 saturated heterocycles. The molecule has 0 saturated carbocycles. The predicted molar refractivity (Wildman–Crippen MR) is 133 cm³/mol. The zero-order valence-electron chi connectivity index (χ0n) is 19.1. The Balaban J connectivity index is 1.23. The van der Waals surface area contributed by atoms with Gasteiger partial charge in [0.1, 0.15) is 12.1 Å². The van der Waals surface area contributed by atoms with E-state index >= 15 is 0 Å². The largest absolute Gasteiger partial charge is 0.353 e. The first-order chi connectivity index (χ1) is 16.8. The van der Waals surface area contributed by atoms with Gasteiger partial charge in [-0.05, 0) is 12.1 Å². The van der Waals surface area contributed by atoms with Gasteiger partial charge in [0.25, 0.3) is 0 Å². The summed E-state index contributed by atoms with van der Waals surface area (Å²) in [6, 6.07) is 20.7. The molecule has 34 heavy (non-hydrogen) atoms. The summed E-state index contributed by atoms with van der Waals surface area (Å²) in [5.41, 5.74) is 5.36. The molecule has 1 aliphatic rings. The van der Waals surface area contributed by atoms with Crippen LogP contribution in [0.3, 0.4) is 0 Å². The van der Waals surface area contributed by atoms with E-state index in [9.17, 15) is 0 Å². The van der Waals surface area contributed by atoms with Crippen LogP contribution in [0.5, 0.6) is 0 Å². The Morgan fingerprint density at radius 2 is 1.59 bits per heavy atom. The van der Waals surface area contributed by atoms with Crippen LogP contribution in [0.25, 0.3) is 28.0 Å². The minimum absolute atomic E-state index is 0.858. The molecule has 8 nitrogen and oxygen atoms in total. The van der Waals surface area contributed by atoms with Crippen molar-refractivity contribution in [2.75, 3.05) is 31.1 Å². The molecule has 0 bridgehead atoms. The Labute approximate surface area is 198 Å². The molecule has 170 valence electrons. The maximum absolute atomic E-state index is 4.97. The normalized spacial score (nSPS) is 14.7.